The van der Waals surface area contributed by atoms with Gasteiger partial charge in [0.05, 0.1) is 4.90 Å². The molecule has 0 spiro atoms. The van der Waals surface area contributed by atoms with Gasteiger partial charge in [0, 0.05) is 5.39 Å². The van der Waals surface area contributed by atoms with Crippen LogP contribution in [0.15, 0.2) is 35.2 Å². The second kappa shape index (κ2) is 26.3. The summed E-state index contributed by atoms with van der Waals surface area (Å²) in [4.78, 5) is -0.0366. The van der Waals surface area contributed by atoms with Gasteiger partial charge in [0.2, 0.25) is 0 Å². The normalized spacial score (nSPS) is 11.7. The van der Waals surface area contributed by atoms with Gasteiger partial charge in [0.25, 0.3) is 0 Å². The molecule has 0 unspecified atom stereocenters. The molecule has 5 heteroatoms. The molecule has 0 N–H and O–H groups in total. The van der Waals surface area contributed by atoms with E-state index in [1.165, 1.54) is 140 Å². The van der Waals surface area contributed by atoms with E-state index >= 15 is 0 Å². The van der Waals surface area contributed by atoms with Gasteiger partial charge in [-0.05, 0) is 48.3 Å². The summed E-state index contributed by atoms with van der Waals surface area (Å²) in [6.07, 6.45) is 33.2. The van der Waals surface area contributed by atoms with Gasteiger partial charge in [-0.25, -0.2) is 8.42 Å². The summed E-state index contributed by atoms with van der Waals surface area (Å²) >= 11 is 0. The van der Waals surface area contributed by atoms with Gasteiger partial charge in [-0.15, -0.1) is 0 Å². The van der Waals surface area contributed by atoms with Gasteiger partial charge >= 0.3 is 51.4 Å². The van der Waals surface area contributed by atoms with Crippen molar-refractivity contribution >= 4 is 20.9 Å². The van der Waals surface area contributed by atoms with Crippen LogP contribution in [0.25, 0.3) is 10.8 Å². The van der Waals surface area contributed by atoms with Gasteiger partial charge in [-0.2, -0.15) is 0 Å². The van der Waals surface area contributed by atoms with Gasteiger partial charge < -0.3 is 4.55 Å². The molecular weight excluding hydrogens is 576 g/mol. The molecule has 2 rings (SSSR count). The summed E-state index contributed by atoms with van der Waals surface area (Å²) in [6, 6.07) is 9.56. The topological polar surface area (TPSA) is 57.2 Å². The average molecular weight is 639 g/mol. The van der Waals surface area contributed by atoms with Crippen LogP contribution in [-0.2, 0) is 23.0 Å². The molecule has 0 saturated carbocycles. The molecule has 0 aromatic heterocycles. The van der Waals surface area contributed by atoms with E-state index in [0.717, 1.165) is 43.1 Å². The van der Waals surface area contributed by atoms with Gasteiger partial charge in [0.15, 0.2) is 0 Å². The van der Waals surface area contributed by atoms with Crippen LogP contribution in [0.5, 0.6) is 0 Å². The summed E-state index contributed by atoms with van der Waals surface area (Å²) in [5.41, 5.74) is 2.20. The van der Waals surface area contributed by atoms with E-state index in [-0.39, 0.29) is 56.3 Å². The molecule has 0 atom stereocenters. The van der Waals surface area contributed by atoms with Crippen molar-refractivity contribution in [1.82, 2.24) is 0 Å². The Morgan fingerprint density at radius 3 is 1.26 bits per heavy atom. The van der Waals surface area contributed by atoms with Gasteiger partial charge in [-0.1, -0.05) is 179 Å². The number of fused-ring (bicyclic) bond motifs is 1. The number of unbranched alkanes of at least 4 members (excludes halogenated alkanes) is 22. The molecule has 3 nitrogen and oxygen atoms in total. The van der Waals surface area contributed by atoms with E-state index < -0.39 is 10.1 Å². The summed E-state index contributed by atoms with van der Waals surface area (Å²) < 4.78 is 36.6. The molecule has 2 aromatic rings. The zero-order valence-corrected chi connectivity index (χ0v) is 32.3. The van der Waals surface area contributed by atoms with Crippen LogP contribution in [0.1, 0.15) is 179 Å². The maximum Gasteiger partial charge on any atom is 1.00 e. The number of aryl methyl sites for hydroxylation is 2. The predicted octanol–water partition coefficient (Wildman–Crippen LogP) is 9.24. The van der Waals surface area contributed by atoms with Crippen LogP contribution in [0.3, 0.4) is 0 Å². The van der Waals surface area contributed by atoms with E-state index in [4.69, 9.17) is 0 Å². The molecule has 0 aliphatic heterocycles. The molecule has 2 aromatic carbocycles. The first-order chi connectivity index (χ1) is 20.5. The number of hydrogen-bond donors (Lipinski definition) is 0. The molecule has 0 fully saturated rings. The van der Waals surface area contributed by atoms with Crippen molar-refractivity contribution in [3.8, 4) is 0 Å². The van der Waals surface area contributed by atoms with Gasteiger partial charge in [0.1, 0.15) is 10.1 Å². The summed E-state index contributed by atoms with van der Waals surface area (Å²) in [6.45, 7) is 4.54. The Labute approximate surface area is 309 Å². The molecule has 0 saturated heterocycles. The molecule has 43 heavy (non-hydrogen) atoms. The van der Waals surface area contributed by atoms with Crippen LogP contribution < -0.4 is 51.4 Å². The monoisotopic (exact) mass is 638 g/mol. The van der Waals surface area contributed by atoms with Crippen LogP contribution in [0, 0.1) is 0 Å². The van der Waals surface area contributed by atoms with Crippen molar-refractivity contribution in [1.29, 1.82) is 0 Å². The minimum Gasteiger partial charge on any atom is -0.744 e. The van der Waals surface area contributed by atoms with Crippen LogP contribution >= 0.6 is 0 Å². The molecular formula is C38H63KO3S. The Morgan fingerprint density at radius 1 is 0.488 bits per heavy atom. The van der Waals surface area contributed by atoms with E-state index in [2.05, 4.69) is 13.8 Å². The van der Waals surface area contributed by atoms with E-state index in [1.807, 2.05) is 24.3 Å². The Balaban J connectivity index is 0.00000924. The third-order valence-corrected chi connectivity index (χ3v) is 9.93. The summed E-state index contributed by atoms with van der Waals surface area (Å²) in [5.74, 6) is 0. The van der Waals surface area contributed by atoms with Crippen LogP contribution in [0.2, 0.25) is 0 Å². The first-order valence-corrected chi connectivity index (χ1v) is 19.4. The molecule has 240 valence electrons. The Morgan fingerprint density at radius 2 is 0.860 bits per heavy atom. The van der Waals surface area contributed by atoms with Crippen molar-refractivity contribution in [3.05, 3.63) is 41.5 Å². The zero-order valence-electron chi connectivity index (χ0n) is 28.4. The SMILES string of the molecule is CCCCCCCCCCCCCCc1ccc(S(=O)(=O)[O-])c2c(CCCCCCCCCCCCCC)cccc12.[K+]. The fraction of sp³-hybridized carbons (Fsp3) is 0.737. The smallest absolute Gasteiger partial charge is 0.744 e. The average Bonchev–Trinajstić information content (AvgIpc) is 2.97. The Kier molecular flexibility index (Phi) is 25.3. The van der Waals surface area contributed by atoms with Crippen molar-refractivity contribution in [2.24, 2.45) is 0 Å². The van der Waals surface area contributed by atoms with E-state index in [9.17, 15) is 13.0 Å². The minimum atomic E-state index is -4.52. The molecule has 0 radical (unpaired) electrons. The number of benzene rings is 2. The third kappa shape index (κ3) is 18.2. The molecule has 0 amide bonds. The van der Waals surface area contributed by atoms with E-state index in [0.29, 0.717) is 5.39 Å². The minimum absolute atomic E-state index is 0. The molecule has 0 aliphatic carbocycles. The largest absolute Gasteiger partial charge is 1.00 e. The van der Waals surface area contributed by atoms with Crippen molar-refractivity contribution < 1.29 is 64.4 Å². The Hall–Kier alpha value is 0.246. The maximum atomic E-state index is 12.2. The first kappa shape index (κ1) is 41.3. The second-order valence-electron chi connectivity index (χ2n) is 12.8. The van der Waals surface area contributed by atoms with Crippen molar-refractivity contribution in [2.45, 2.75) is 186 Å². The van der Waals surface area contributed by atoms with Crippen LogP contribution in [0.4, 0.5) is 0 Å². The summed E-state index contributed by atoms with van der Waals surface area (Å²) in [5, 5.41) is 1.65. The molecule has 0 bridgehead atoms. The predicted molar refractivity (Wildman–Crippen MR) is 181 cm³/mol. The van der Waals surface area contributed by atoms with Crippen molar-refractivity contribution in [3.63, 3.8) is 0 Å². The number of rotatable bonds is 27. The zero-order chi connectivity index (χ0) is 30.3. The first-order valence-electron chi connectivity index (χ1n) is 18.0. The summed E-state index contributed by atoms with van der Waals surface area (Å²) in [7, 11) is -4.52. The number of hydrogen-bond acceptors (Lipinski definition) is 3. The fourth-order valence-corrected chi connectivity index (χ4v) is 7.18. The molecule has 0 heterocycles. The standard InChI is InChI=1S/C38H64O3S.K/c1-3-5-7-9-11-13-15-17-19-21-23-25-28-34-32-33-37(42(39,40)41)38-35(30-27-31-36(34)38)29-26-24-22-20-18-16-14-12-10-8-6-4-2;/h27,30-33H,3-26,28-29H2,1-2H3,(H,39,40,41);/q;+1/p-1. The quantitative estimate of drug-likeness (QED) is 0.0557. The Bertz CT molecular complexity index is 1070. The molecule has 0 aliphatic rings. The maximum absolute atomic E-state index is 12.2. The van der Waals surface area contributed by atoms with Gasteiger partial charge in [-0.3, -0.25) is 0 Å². The fourth-order valence-electron chi connectivity index (χ4n) is 6.46. The van der Waals surface area contributed by atoms with E-state index in [1.54, 1.807) is 6.07 Å². The van der Waals surface area contributed by atoms with Crippen LogP contribution in [-0.4, -0.2) is 13.0 Å². The second-order valence-corrected chi connectivity index (χ2v) is 14.1. The third-order valence-electron chi connectivity index (χ3n) is 9.05. The van der Waals surface area contributed by atoms with Crippen molar-refractivity contribution in [2.75, 3.05) is 0 Å².